The Morgan fingerprint density at radius 1 is 1.36 bits per heavy atom. The number of aliphatic carboxylic acids is 1. The highest BCUT2D eigenvalue weighted by atomic mass is 35.5. The molecule has 0 amide bonds. The predicted octanol–water partition coefficient (Wildman–Crippen LogP) is 4.32. The molecule has 0 bridgehead atoms. The van der Waals surface area contributed by atoms with Crippen LogP contribution in [0, 0.1) is 5.41 Å². The lowest BCUT2D eigenvalue weighted by molar-refractivity contribution is -0.146. The number of carboxylic acid groups (broad SMARTS) is 1. The van der Waals surface area contributed by atoms with Crippen LogP contribution in [0.15, 0.2) is 12.1 Å². The van der Waals surface area contributed by atoms with Gasteiger partial charge in [0.25, 0.3) is 0 Å². The summed E-state index contributed by atoms with van der Waals surface area (Å²) in [4.78, 5) is 11.3. The number of hydrogen-bond donors (Lipinski definition) is 1. The van der Waals surface area contributed by atoms with E-state index in [9.17, 15) is 9.90 Å². The number of carbonyl (C=O) groups is 1. The molecule has 0 spiro atoms. The van der Waals surface area contributed by atoms with Crippen LogP contribution < -0.4 is 9.47 Å². The van der Waals surface area contributed by atoms with Crippen LogP contribution in [0.2, 0.25) is 5.02 Å². The number of ether oxygens (including phenoxy) is 2. The topological polar surface area (TPSA) is 55.8 Å². The Kier molecular flexibility index (Phi) is 5.22. The van der Waals surface area contributed by atoms with E-state index >= 15 is 0 Å². The molecule has 0 aromatic heterocycles. The lowest BCUT2D eigenvalue weighted by atomic mass is 9.86. The molecule has 1 saturated carbocycles. The van der Waals surface area contributed by atoms with Crippen molar-refractivity contribution in [1.82, 2.24) is 0 Å². The molecule has 0 aliphatic heterocycles. The quantitative estimate of drug-likeness (QED) is 0.845. The van der Waals surface area contributed by atoms with Crippen LogP contribution in [0.4, 0.5) is 0 Å². The minimum atomic E-state index is -0.859. The van der Waals surface area contributed by atoms with Gasteiger partial charge in [0.1, 0.15) is 0 Å². The highest BCUT2D eigenvalue weighted by Gasteiger charge is 2.28. The molecule has 2 rings (SSSR count). The van der Waals surface area contributed by atoms with Gasteiger partial charge in [0, 0.05) is 0 Å². The molecule has 0 atom stereocenters. The van der Waals surface area contributed by atoms with Crippen molar-refractivity contribution in [2.24, 2.45) is 5.41 Å². The summed E-state index contributed by atoms with van der Waals surface area (Å²) in [5, 5.41) is 9.73. The summed E-state index contributed by atoms with van der Waals surface area (Å²) >= 11 is 6.35. The normalized spacial score (nSPS) is 15.8. The van der Waals surface area contributed by atoms with Gasteiger partial charge in [-0.05, 0) is 63.6 Å². The monoisotopic (exact) mass is 326 g/mol. The SMILES string of the molecule is COc1cc(CC(C)(C)C(=O)O)cc(Cl)c1OC1CCCC1. The first kappa shape index (κ1) is 16.9. The van der Waals surface area contributed by atoms with Crippen LogP contribution in [0.3, 0.4) is 0 Å². The Morgan fingerprint density at radius 3 is 2.55 bits per heavy atom. The van der Waals surface area contributed by atoms with Crippen molar-refractivity contribution < 1.29 is 19.4 Å². The zero-order valence-electron chi connectivity index (χ0n) is 13.3. The van der Waals surface area contributed by atoms with Crippen LogP contribution in [-0.4, -0.2) is 24.3 Å². The van der Waals surface area contributed by atoms with E-state index in [1.54, 1.807) is 27.0 Å². The standard InChI is InChI=1S/C17H23ClO4/c1-17(2,16(19)20)10-11-8-13(18)15(14(9-11)21-3)22-12-6-4-5-7-12/h8-9,12H,4-7,10H2,1-3H3,(H,19,20). The van der Waals surface area contributed by atoms with Crippen molar-refractivity contribution in [3.63, 3.8) is 0 Å². The zero-order valence-corrected chi connectivity index (χ0v) is 14.1. The summed E-state index contributed by atoms with van der Waals surface area (Å²) in [6, 6.07) is 3.60. The van der Waals surface area contributed by atoms with Gasteiger partial charge in [0.2, 0.25) is 0 Å². The maximum absolute atomic E-state index is 11.3. The van der Waals surface area contributed by atoms with Gasteiger partial charge in [-0.3, -0.25) is 4.79 Å². The van der Waals surface area contributed by atoms with Crippen molar-refractivity contribution >= 4 is 17.6 Å². The highest BCUT2D eigenvalue weighted by molar-refractivity contribution is 6.32. The van der Waals surface area contributed by atoms with Gasteiger partial charge in [-0.25, -0.2) is 0 Å². The summed E-state index contributed by atoms with van der Waals surface area (Å²) in [5.41, 5.74) is -0.0321. The molecule has 0 unspecified atom stereocenters. The first-order valence-corrected chi connectivity index (χ1v) is 7.98. The van der Waals surface area contributed by atoms with E-state index in [1.807, 2.05) is 6.07 Å². The fourth-order valence-corrected chi connectivity index (χ4v) is 3.03. The number of hydrogen-bond acceptors (Lipinski definition) is 3. The number of benzene rings is 1. The summed E-state index contributed by atoms with van der Waals surface area (Å²) < 4.78 is 11.4. The number of methoxy groups -OCH3 is 1. The second-order valence-electron chi connectivity index (χ2n) is 6.50. The highest BCUT2D eigenvalue weighted by Crippen LogP contribution is 2.40. The second kappa shape index (κ2) is 6.78. The minimum absolute atomic E-state index is 0.188. The Bertz CT molecular complexity index is 548. The number of rotatable bonds is 6. The molecule has 122 valence electrons. The van der Waals surface area contributed by atoms with Crippen molar-refractivity contribution in [2.75, 3.05) is 7.11 Å². The Labute approximate surface area is 136 Å². The molecule has 0 saturated heterocycles. The molecule has 1 fully saturated rings. The van der Waals surface area contributed by atoms with Crippen LogP contribution in [0.25, 0.3) is 0 Å². The van der Waals surface area contributed by atoms with Gasteiger partial charge >= 0.3 is 5.97 Å². The van der Waals surface area contributed by atoms with Crippen molar-refractivity contribution in [3.05, 3.63) is 22.7 Å². The maximum Gasteiger partial charge on any atom is 0.309 e. The minimum Gasteiger partial charge on any atom is -0.493 e. The van der Waals surface area contributed by atoms with Gasteiger partial charge in [-0.1, -0.05) is 11.6 Å². The van der Waals surface area contributed by atoms with E-state index in [0.717, 1.165) is 18.4 Å². The van der Waals surface area contributed by atoms with Crippen LogP contribution in [0.5, 0.6) is 11.5 Å². The first-order chi connectivity index (χ1) is 10.3. The lowest BCUT2D eigenvalue weighted by Crippen LogP contribution is -2.26. The smallest absolute Gasteiger partial charge is 0.309 e. The van der Waals surface area contributed by atoms with E-state index in [2.05, 4.69) is 0 Å². The first-order valence-electron chi connectivity index (χ1n) is 7.60. The Morgan fingerprint density at radius 2 is 2.00 bits per heavy atom. The van der Waals surface area contributed by atoms with E-state index in [-0.39, 0.29) is 6.10 Å². The van der Waals surface area contributed by atoms with E-state index < -0.39 is 11.4 Å². The summed E-state index contributed by atoms with van der Waals surface area (Å²) in [6.07, 6.45) is 4.99. The number of halogens is 1. The van der Waals surface area contributed by atoms with Crippen molar-refractivity contribution in [2.45, 2.75) is 52.1 Å². The van der Waals surface area contributed by atoms with Gasteiger partial charge in [-0.15, -0.1) is 0 Å². The molecule has 1 N–H and O–H groups in total. The Hall–Kier alpha value is -1.42. The molecule has 4 nitrogen and oxygen atoms in total. The van der Waals surface area contributed by atoms with Gasteiger partial charge in [-0.2, -0.15) is 0 Å². The van der Waals surface area contributed by atoms with E-state index in [4.69, 9.17) is 21.1 Å². The summed E-state index contributed by atoms with van der Waals surface area (Å²) in [7, 11) is 1.57. The number of carboxylic acids is 1. The van der Waals surface area contributed by atoms with E-state index in [1.165, 1.54) is 12.8 Å². The molecular formula is C17H23ClO4. The summed E-state index contributed by atoms with van der Waals surface area (Å²) in [5.74, 6) is 0.289. The fraction of sp³-hybridized carbons (Fsp3) is 0.588. The van der Waals surface area contributed by atoms with Crippen molar-refractivity contribution in [1.29, 1.82) is 0 Å². The molecule has 1 aromatic carbocycles. The predicted molar refractivity (Wildman–Crippen MR) is 86.0 cm³/mol. The molecule has 1 aliphatic rings. The third-order valence-corrected chi connectivity index (χ3v) is 4.38. The third-order valence-electron chi connectivity index (χ3n) is 4.10. The van der Waals surface area contributed by atoms with Crippen LogP contribution >= 0.6 is 11.6 Å². The second-order valence-corrected chi connectivity index (χ2v) is 6.91. The van der Waals surface area contributed by atoms with E-state index in [0.29, 0.717) is 22.9 Å². The van der Waals surface area contributed by atoms with Gasteiger partial charge in [0.05, 0.1) is 23.7 Å². The molecule has 22 heavy (non-hydrogen) atoms. The fourth-order valence-electron chi connectivity index (χ4n) is 2.75. The average Bonchev–Trinajstić information content (AvgIpc) is 2.93. The average molecular weight is 327 g/mol. The zero-order chi connectivity index (χ0) is 16.3. The Balaban J connectivity index is 2.24. The van der Waals surface area contributed by atoms with Gasteiger partial charge < -0.3 is 14.6 Å². The third kappa shape index (κ3) is 3.86. The largest absolute Gasteiger partial charge is 0.493 e. The molecule has 1 aromatic rings. The van der Waals surface area contributed by atoms with Crippen molar-refractivity contribution in [3.8, 4) is 11.5 Å². The molecule has 5 heteroatoms. The lowest BCUT2D eigenvalue weighted by Gasteiger charge is -2.22. The molecule has 0 heterocycles. The van der Waals surface area contributed by atoms with Gasteiger partial charge in [0.15, 0.2) is 11.5 Å². The van der Waals surface area contributed by atoms with Crippen LogP contribution in [-0.2, 0) is 11.2 Å². The summed E-state index contributed by atoms with van der Waals surface area (Å²) in [6.45, 7) is 3.39. The molecular weight excluding hydrogens is 304 g/mol. The molecule has 0 radical (unpaired) electrons. The molecule has 1 aliphatic carbocycles. The van der Waals surface area contributed by atoms with Crippen LogP contribution in [0.1, 0.15) is 45.1 Å². The maximum atomic E-state index is 11.3.